The first kappa shape index (κ1) is 28.5. The molecule has 0 bridgehead atoms. The van der Waals surface area contributed by atoms with E-state index in [4.69, 9.17) is 0 Å². The van der Waals surface area contributed by atoms with Gasteiger partial charge in [-0.3, -0.25) is 0 Å². The molecular formula is C24H22F9N5O. The third-order valence-electron chi connectivity index (χ3n) is 6.48. The van der Waals surface area contributed by atoms with E-state index in [1.54, 1.807) is 0 Å². The van der Waals surface area contributed by atoms with E-state index in [-0.39, 0.29) is 23.5 Å². The molecule has 0 N–H and O–H groups in total. The molecular weight excluding hydrogens is 545 g/mol. The molecule has 6 nitrogen and oxygen atoms in total. The fraction of sp³-hybridized carbons (Fsp3) is 0.458. The van der Waals surface area contributed by atoms with Crippen molar-refractivity contribution in [1.29, 1.82) is 0 Å². The second-order valence-electron chi connectivity index (χ2n) is 9.26. The average molecular weight is 567 g/mol. The van der Waals surface area contributed by atoms with Gasteiger partial charge in [0.25, 0.3) is 5.95 Å². The molecule has 4 rings (SSSR count). The lowest BCUT2D eigenvalue weighted by molar-refractivity contribution is -0.274. The van der Waals surface area contributed by atoms with Crippen molar-refractivity contribution >= 4 is 5.95 Å². The number of alkyl halides is 9. The third-order valence-corrected chi connectivity index (χ3v) is 6.48. The topological polar surface area (TPSA) is 56.1 Å². The Kier molecular flexibility index (Phi) is 7.47. The van der Waals surface area contributed by atoms with E-state index < -0.39 is 48.2 Å². The van der Waals surface area contributed by atoms with Gasteiger partial charge in [-0.05, 0) is 71.0 Å². The summed E-state index contributed by atoms with van der Waals surface area (Å²) < 4.78 is 124. The van der Waals surface area contributed by atoms with Crippen LogP contribution >= 0.6 is 0 Å². The van der Waals surface area contributed by atoms with E-state index in [1.165, 1.54) is 24.1 Å². The standard InChI is InChI=1S/C24H22F9N5O/c1-3-13-6-15-4-5-18(39-24(31,32)33)11-19(15)20(9-13)38(21-34-36-37(2)35-21)12-14-7-16(22(25,26)27)10-17(8-14)23(28,29)30/h4-5,7-8,10-11,13,20H,3,6,9,12H2,1-2H3/t13-,20-/m0/s1. The summed E-state index contributed by atoms with van der Waals surface area (Å²) in [6, 6.07) is 4.23. The van der Waals surface area contributed by atoms with E-state index in [1.807, 2.05) is 6.92 Å². The molecule has 0 fully saturated rings. The molecule has 212 valence electrons. The number of rotatable bonds is 6. The lowest BCUT2D eigenvalue weighted by Gasteiger charge is -2.38. The molecule has 39 heavy (non-hydrogen) atoms. The van der Waals surface area contributed by atoms with Crippen molar-refractivity contribution in [2.24, 2.45) is 13.0 Å². The number of nitrogens with zero attached hydrogens (tertiary/aromatic N) is 5. The van der Waals surface area contributed by atoms with Crippen LogP contribution in [0.2, 0.25) is 0 Å². The maximum Gasteiger partial charge on any atom is 0.573 e. The van der Waals surface area contributed by atoms with Gasteiger partial charge in [0.15, 0.2) is 0 Å². The Bertz CT molecular complexity index is 1280. The predicted molar refractivity (Wildman–Crippen MR) is 119 cm³/mol. The third kappa shape index (κ3) is 6.74. The molecule has 1 heterocycles. The van der Waals surface area contributed by atoms with E-state index in [0.717, 1.165) is 10.9 Å². The molecule has 0 unspecified atom stereocenters. The van der Waals surface area contributed by atoms with E-state index >= 15 is 0 Å². The molecule has 0 amide bonds. The fourth-order valence-electron chi connectivity index (χ4n) is 4.73. The minimum absolute atomic E-state index is 0.0169. The molecule has 15 heteroatoms. The van der Waals surface area contributed by atoms with Crippen LogP contribution in [-0.4, -0.2) is 26.6 Å². The van der Waals surface area contributed by atoms with Crippen LogP contribution in [0.5, 0.6) is 5.75 Å². The molecule has 0 radical (unpaired) electrons. The highest BCUT2D eigenvalue weighted by atomic mass is 19.4. The summed E-state index contributed by atoms with van der Waals surface area (Å²) in [6.45, 7) is 1.39. The number of fused-ring (bicyclic) bond motifs is 1. The lowest BCUT2D eigenvalue weighted by atomic mass is 9.78. The van der Waals surface area contributed by atoms with Crippen LogP contribution in [0, 0.1) is 5.92 Å². The van der Waals surface area contributed by atoms with Gasteiger partial charge in [0, 0.05) is 6.54 Å². The van der Waals surface area contributed by atoms with Gasteiger partial charge < -0.3 is 9.64 Å². The quantitative estimate of drug-likeness (QED) is 0.305. The van der Waals surface area contributed by atoms with Crippen LogP contribution in [0.3, 0.4) is 0 Å². The number of aromatic nitrogens is 4. The fourth-order valence-corrected chi connectivity index (χ4v) is 4.73. The number of anilines is 1. The summed E-state index contributed by atoms with van der Waals surface area (Å²) in [6.07, 6.45) is -13.6. The van der Waals surface area contributed by atoms with E-state index in [0.29, 0.717) is 42.5 Å². The Morgan fingerprint density at radius 1 is 0.949 bits per heavy atom. The Labute approximate surface area is 216 Å². The van der Waals surface area contributed by atoms with Gasteiger partial charge in [0.1, 0.15) is 5.75 Å². The Morgan fingerprint density at radius 2 is 1.59 bits per heavy atom. The molecule has 2 aromatic carbocycles. The SMILES string of the molecule is CC[C@H]1Cc2ccc(OC(F)(F)F)cc2[C@@H](N(Cc2cc(C(F)(F)F)cc(C(F)(F)F)c2)c2nnn(C)n2)C1. The molecule has 1 aromatic heterocycles. The number of hydrogen-bond acceptors (Lipinski definition) is 5. The maximum atomic E-state index is 13.5. The molecule has 2 atom stereocenters. The highest BCUT2D eigenvalue weighted by molar-refractivity contribution is 5.46. The number of tetrazole rings is 1. The van der Waals surface area contributed by atoms with Crippen molar-refractivity contribution in [3.8, 4) is 5.75 Å². The first-order valence-corrected chi connectivity index (χ1v) is 11.7. The highest BCUT2D eigenvalue weighted by Gasteiger charge is 2.39. The molecule has 0 saturated heterocycles. The molecule has 0 saturated carbocycles. The van der Waals surface area contributed by atoms with Crippen LogP contribution in [-0.2, 0) is 32.4 Å². The van der Waals surface area contributed by atoms with Gasteiger partial charge in [-0.1, -0.05) is 24.5 Å². The first-order valence-electron chi connectivity index (χ1n) is 11.7. The zero-order valence-electron chi connectivity index (χ0n) is 20.5. The van der Waals surface area contributed by atoms with Crippen molar-refractivity contribution in [2.45, 2.75) is 57.5 Å². The lowest BCUT2D eigenvalue weighted by Crippen LogP contribution is -2.35. The first-order chi connectivity index (χ1) is 18.0. The summed E-state index contributed by atoms with van der Waals surface area (Å²) >= 11 is 0. The van der Waals surface area contributed by atoms with Crippen molar-refractivity contribution in [3.63, 3.8) is 0 Å². The Balaban J connectivity index is 1.84. The number of benzene rings is 2. The van der Waals surface area contributed by atoms with Crippen molar-refractivity contribution in [2.75, 3.05) is 4.90 Å². The largest absolute Gasteiger partial charge is 0.573 e. The van der Waals surface area contributed by atoms with Crippen LogP contribution in [0.25, 0.3) is 0 Å². The molecule has 0 spiro atoms. The van der Waals surface area contributed by atoms with Gasteiger partial charge in [0.2, 0.25) is 0 Å². The van der Waals surface area contributed by atoms with Crippen LogP contribution in [0.1, 0.15) is 53.6 Å². The maximum absolute atomic E-state index is 13.5. The van der Waals surface area contributed by atoms with Crippen LogP contribution < -0.4 is 9.64 Å². The highest BCUT2D eigenvalue weighted by Crippen LogP contribution is 2.43. The second kappa shape index (κ2) is 10.2. The minimum Gasteiger partial charge on any atom is -0.406 e. The van der Waals surface area contributed by atoms with E-state index in [2.05, 4.69) is 20.1 Å². The number of aryl methyl sites for hydroxylation is 1. The summed E-state index contributed by atoms with van der Waals surface area (Å²) in [4.78, 5) is 2.42. The normalized spacial score (nSPS) is 18.1. The van der Waals surface area contributed by atoms with Gasteiger partial charge in [-0.25, -0.2) is 0 Å². The summed E-state index contributed by atoms with van der Waals surface area (Å²) in [7, 11) is 1.42. The molecule has 3 aromatic rings. The summed E-state index contributed by atoms with van der Waals surface area (Å²) in [5.74, 6) is -0.603. The van der Waals surface area contributed by atoms with Crippen molar-refractivity contribution < 1.29 is 44.3 Å². The van der Waals surface area contributed by atoms with Gasteiger partial charge in [-0.2, -0.15) is 31.1 Å². The molecule has 1 aliphatic rings. The summed E-state index contributed by atoms with van der Waals surface area (Å²) in [5, 5.41) is 11.7. The minimum atomic E-state index is -5.06. The zero-order valence-corrected chi connectivity index (χ0v) is 20.5. The number of halogens is 9. The van der Waals surface area contributed by atoms with Crippen molar-refractivity contribution in [3.05, 3.63) is 64.2 Å². The number of ether oxygens (including phenoxy) is 1. The molecule has 1 aliphatic carbocycles. The van der Waals surface area contributed by atoms with Gasteiger partial charge >= 0.3 is 18.7 Å². The molecule has 0 aliphatic heterocycles. The average Bonchev–Trinajstić information content (AvgIpc) is 3.25. The van der Waals surface area contributed by atoms with Crippen LogP contribution in [0.15, 0.2) is 36.4 Å². The predicted octanol–water partition coefficient (Wildman–Crippen LogP) is 6.87. The smallest absolute Gasteiger partial charge is 0.406 e. The van der Waals surface area contributed by atoms with Crippen molar-refractivity contribution in [1.82, 2.24) is 20.2 Å². The summed E-state index contributed by atoms with van der Waals surface area (Å²) in [5.41, 5.74) is -2.28. The second-order valence-corrected chi connectivity index (χ2v) is 9.26. The van der Waals surface area contributed by atoms with Gasteiger partial charge in [-0.15, -0.1) is 18.3 Å². The van der Waals surface area contributed by atoms with E-state index in [9.17, 15) is 39.5 Å². The van der Waals surface area contributed by atoms with Crippen LogP contribution in [0.4, 0.5) is 45.5 Å². The van der Waals surface area contributed by atoms with Gasteiger partial charge in [0.05, 0.1) is 24.2 Å². The monoisotopic (exact) mass is 567 g/mol. The Morgan fingerprint density at radius 3 is 2.10 bits per heavy atom. The Hall–Kier alpha value is -3.52. The zero-order chi connectivity index (χ0) is 28.8. The number of hydrogen-bond donors (Lipinski definition) is 0.